The van der Waals surface area contributed by atoms with Crippen molar-refractivity contribution in [1.82, 2.24) is 14.1 Å². The van der Waals surface area contributed by atoms with Crippen LogP contribution in [0.2, 0.25) is 0 Å². The van der Waals surface area contributed by atoms with Gasteiger partial charge in [-0.2, -0.15) is 4.31 Å². The third-order valence-corrected chi connectivity index (χ3v) is 9.15. The second kappa shape index (κ2) is 10.5. The third-order valence-electron chi connectivity index (χ3n) is 7.23. The van der Waals surface area contributed by atoms with Crippen molar-refractivity contribution in [1.29, 1.82) is 0 Å². The van der Waals surface area contributed by atoms with Gasteiger partial charge in [-0.1, -0.05) is 43.9 Å². The minimum absolute atomic E-state index is 0.00118. The van der Waals surface area contributed by atoms with E-state index < -0.39 is 16.1 Å². The molecule has 2 aliphatic heterocycles. The van der Waals surface area contributed by atoms with E-state index in [1.807, 2.05) is 11.0 Å². The highest BCUT2D eigenvalue weighted by Crippen LogP contribution is 2.28. The molecular formula is C24H37N3O3S. The molecule has 4 rings (SSSR count). The Bertz CT molecular complexity index is 824. The number of nitrogens with zero attached hydrogens (tertiary/aromatic N) is 3. The molecule has 0 bridgehead atoms. The van der Waals surface area contributed by atoms with Gasteiger partial charge in [0.05, 0.1) is 4.90 Å². The van der Waals surface area contributed by atoms with E-state index in [1.165, 1.54) is 36.4 Å². The molecule has 1 saturated carbocycles. The molecule has 31 heavy (non-hydrogen) atoms. The van der Waals surface area contributed by atoms with Crippen molar-refractivity contribution in [3.63, 3.8) is 0 Å². The van der Waals surface area contributed by atoms with E-state index >= 15 is 0 Å². The van der Waals surface area contributed by atoms with Crippen molar-refractivity contribution in [2.24, 2.45) is 5.92 Å². The maximum atomic E-state index is 13.5. The van der Waals surface area contributed by atoms with Gasteiger partial charge in [0.25, 0.3) is 0 Å². The van der Waals surface area contributed by atoms with Gasteiger partial charge in [0.2, 0.25) is 15.9 Å². The molecule has 0 aromatic heterocycles. The number of benzene rings is 1. The summed E-state index contributed by atoms with van der Waals surface area (Å²) in [4.78, 5) is 18.2. The lowest BCUT2D eigenvalue weighted by Gasteiger charge is -2.36. The Morgan fingerprint density at radius 1 is 0.806 bits per heavy atom. The van der Waals surface area contributed by atoms with Crippen LogP contribution in [0.5, 0.6) is 0 Å². The number of hydrogen-bond donors (Lipinski definition) is 0. The summed E-state index contributed by atoms with van der Waals surface area (Å²) in [5, 5.41) is 0. The summed E-state index contributed by atoms with van der Waals surface area (Å²) < 4.78 is 28.0. The van der Waals surface area contributed by atoms with E-state index in [4.69, 9.17) is 0 Å². The van der Waals surface area contributed by atoms with Crippen LogP contribution in [-0.2, 0) is 14.8 Å². The van der Waals surface area contributed by atoms with Crippen molar-refractivity contribution >= 4 is 15.9 Å². The van der Waals surface area contributed by atoms with E-state index in [2.05, 4.69) is 4.90 Å². The van der Waals surface area contributed by atoms with Crippen LogP contribution in [0.25, 0.3) is 0 Å². The smallest absolute Gasteiger partial charge is 0.243 e. The monoisotopic (exact) mass is 447 g/mol. The molecule has 1 amide bonds. The highest BCUT2D eigenvalue weighted by Gasteiger charge is 2.39. The van der Waals surface area contributed by atoms with E-state index in [9.17, 15) is 13.2 Å². The second-order valence-electron chi connectivity index (χ2n) is 9.42. The second-order valence-corrected chi connectivity index (χ2v) is 11.3. The van der Waals surface area contributed by atoms with Crippen LogP contribution in [0.3, 0.4) is 0 Å². The third kappa shape index (κ3) is 5.49. The molecule has 1 aromatic rings. The summed E-state index contributed by atoms with van der Waals surface area (Å²) >= 11 is 0. The number of sulfonamides is 1. The Balaban J connectivity index is 1.41. The van der Waals surface area contributed by atoms with E-state index in [-0.39, 0.29) is 10.8 Å². The van der Waals surface area contributed by atoms with Gasteiger partial charge in [-0.15, -0.1) is 0 Å². The minimum Gasteiger partial charge on any atom is -0.340 e. The number of piperidine rings is 1. The van der Waals surface area contributed by atoms with Crippen LogP contribution in [0.1, 0.15) is 57.8 Å². The molecule has 172 valence electrons. The van der Waals surface area contributed by atoms with Crippen LogP contribution in [0, 0.1) is 5.92 Å². The Hall–Kier alpha value is -1.44. The summed E-state index contributed by atoms with van der Waals surface area (Å²) in [6.45, 7) is 4.96. The van der Waals surface area contributed by atoms with Crippen LogP contribution < -0.4 is 0 Å². The van der Waals surface area contributed by atoms with Crippen LogP contribution in [-0.4, -0.2) is 73.7 Å². The fourth-order valence-electron chi connectivity index (χ4n) is 5.49. The topological polar surface area (TPSA) is 60.9 Å². The summed E-state index contributed by atoms with van der Waals surface area (Å²) in [7, 11) is -3.66. The zero-order chi connectivity index (χ0) is 21.7. The van der Waals surface area contributed by atoms with Gasteiger partial charge in [0.1, 0.15) is 6.04 Å². The fourth-order valence-corrected chi connectivity index (χ4v) is 7.16. The zero-order valence-electron chi connectivity index (χ0n) is 18.6. The summed E-state index contributed by atoms with van der Waals surface area (Å²) in [5.41, 5.74) is 0. The first kappa shape index (κ1) is 22.7. The Labute approximate surface area is 187 Å². The molecular weight excluding hydrogens is 410 g/mol. The van der Waals surface area contributed by atoms with Gasteiger partial charge in [-0.05, 0) is 56.7 Å². The van der Waals surface area contributed by atoms with Gasteiger partial charge in [-0.25, -0.2) is 8.42 Å². The molecule has 6 nitrogen and oxygen atoms in total. The number of carbonyl (C=O) groups excluding carboxylic acids is 1. The first-order chi connectivity index (χ1) is 15.1. The normalized spacial score (nSPS) is 25.3. The predicted molar refractivity (Wildman–Crippen MR) is 122 cm³/mol. The summed E-state index contributed by atoms with van der Waals surface area (Å²) in [6, 6.07) is 7.98. The van der Waals surface area contributed by atoms with Crippen LogP contribution in [0.15, 0.2) is 35.2 Å². The molecule has 0 radical (unpaired) electrons. The molecule has 0 N–H and O–H groups in total. The lowest BCUT2D eigenvalue weighted by atomic mass is 9.89. The van der Waals surface area contributed by atoms with Crippen molar-refractivity contribution in [2.75, 3.05) is 39.3 Å². The first-order valence-corrected chi connectivity index (χ1v) is 13.6. The van der Waals surface area contributed by atoms with E-state index in [0.717, 1.165) is 51.4 Å². The molecule has 2 saturated heterocycles. The minimum atomic E-state index is -3.66. The van der Waals surface area contributed by atoms with Crippen LogP contribution >= 0.6 is 0 Å². The van der Waals surface area contributed by atoms with Gasteiger partial charge in [0.15, 0.2) is 0 Å². The molecule has 3 aliphatic rings. The molecule has 2 heterocycles. The Kier molecular flexibility index (Phi) is 7.67. The summed E-state index contributed by atoms with van der Waals surface area (Å²) in [6.07, 6.45) is 10.1. The lowest BCUT2D eigenvalue weighted by Crippen LogP contribution is -2.53. The SMILES string of the molecule is O=C(C1CCCCN1S(=O)(=O)c1ccccc1)N1CCCN(CC2CCCCC2)CC1. The van der Waals surface area contributed by atoms with E-state index in [1.54, 1.807) is 24.3 Å². The van der Waals surface area contributed by atoms with Gasteiger partial charge < -0.3 is 9.80 Å². The number of rotatable bonds is 5. The van der Waals surface area contributed by atoms with E-state index in [0.29, 0.717) is 19.5 Å². The maximum absolute atomic E-state index is 13.5. The first-order valence-electron chi connectivity index (χ1n) is 12.1. The molecule has 7 heteroatoms. The van der Waals surface area contributed by atoms with Gasteiger partial charge in [-0.3, -0.25) is 4.79 Å². The van der Waals surface area contributed by atoms with Crippen LogP contribution in [0.4, 0.5) is 0 Å². The van der Waals surface area contributed by atoms with Crippen molar-refractivity contribution in [2.45, 2.75) is 68.7 Å². The maximum Gasteiger partial charge on any atom is 0.243 e. The number of hydrogen-bond acceptors (Lipinski definition) is 4. The molecule has 3 fully saturated rings. The lowest BCUT2D eigenvalue weighted by molar-refractivity contribution is -0.136. The van der Waals surface area contributed by atoms with Crippen molar-refractivity contribution in [3.05, 3.63) is 30.3 Å². The van der Waals surface area contributed by atoms with Crippen molar-refractivity contribution < 1.29 is 13.2 Å². The standard InChI is InChI=1S/C24H37N3O3S/c28-24(26-16-9-15-25(18-19-26)20-21-10-3-1-4-11-21)23-14-7-8-17-27(23)31(29,30)22-12-5-2-6-13-22/h2,5-6,12-13,21,23H,1,3-4,7-11,14-20H2. The largest absolute Gasteiger partial charge is 0.340 e. The number of amides is 1. The molecule has 1 unspecified atom stereocenters. The average Bonchev–Trinajstić information content (AvgIpc) is 3.05. The molecule has 1 aromatic carbocycles. The highest BCUT2D eigenvalue weighted by molar-refractivity contribution is 7.89. The number of carbonyl (C=O) groups is 1. The molecule has 1 atom stereocenters. The summed E-state index contributed by atoms with van der Waals surface area (Å²) in [5.74, 6) is 0.805. The Morgan fingerprint density at radius 3 is 2.32 bits per heavy atom. The highest BCUT2D eigenvalue weighted by atomic mass is 32.2. The molecule has 0 spiro atoms. The fraction of sp³-hybridized carbons (Fsp3) is 0.708. The zero-order valence-corrected chi connectivity index (χ0v) is 19.4. The quantitative estimate of drug-likeness (QED) is 0.695. The van der Waals surface area contributed by atoms with Crippen molar-refractivity contribution in [3.8, 4) is 0 Å². The Morgan fingerprint density at radius 2 is 1.55 bits per heavy atom. The van der Waals surface area contributed by atoms with Gasteiger partial charge >= 0.3 is 0 Å². The van der Waals surface area contributed by atoms with Gasteiger partial charge in [0, 0.05) is 32.7 Å². The average molecular weight is 448 g/mol. The predicted octanol–water partition coefficient (Wildman–Crippen LogP) is 3.34. The molecule has 1 aliphatic carbocycles.